The third kappa shape index (κ3) is 4.29. The quantitative estimate of drug-likeness (QED) is 0.854. The van der Waals surface area contributed by atoms with E-state index >= 15 is 0 Å². The first kappa shape index (κ1) is 17.9. The van der Waals surface area contributed by atoms with Crippen LogP contribution in [0.25, 0.3) is 0 Å². The van der Waals surface area contributed by atoms with Crippen molar-refractivity contribution in [3.8, 4) is 0 Å². The Balaban J connectivity index is 2.31. The van der Waals surface area contributed by atoms with Gasteiger partial charge in [-0.05, 0) is 42.8 Å². The first-order valence-electron chi connectivity index (χ1n) is 7.26. The van der Waals surface area contributed by atoms with Crippen LogP contribution in [-0.2, 0) is 0 Å². The zero-order valence-corrected chi connectivity index (χ0v) is 13.6. The van der Waals surface area contributed by atoms with Crippen molar-refractivity contribution in [2.75, 3.05) is 11.9 Å². The summed E-state index contributed by atoms with van der Waals surface area (Å²) in [6.45, 7) is 2.37. The van der Waals surface area contributed by atoms with Gasteiger partial charge in [0.25, 0.3) is 11.8 Å². The van der Waals surface area contributed by atoms with Crippen LogP contribution in [0.1, 0.15) is 34.1 Å². The van der Waals surface area contributed by atoms with E-state index < -0.39 is 29.0 Å². The molecular formula is C17H15ClF2N2O2. The number of hydrogen-bond donors (Lipinski definition) is 2. The van der Waals surface area contributed by atoms with Crippen LogP contribution in [0.4, 0.5) is 14.5 Å². The highest BCUT2D eigenvalue weighted by Crippen LogP contribution is 2.22. The molecule has 0 unspecified atom stereocenters. The maximum atomic E-state index is 13.7. The predicted molar refractivity (Wildman–Crippen MR) is 88.4 cm³/mol. The molecule has 0 saturated carbocycles. The molecular weight excluding hydrogens is 338 g/mol. The molecule has 0 aliphatic rings. The molecule has 2 aromatic carbocycles. The van der Waals surface area contributed by atoms with Crippen molar-refractivity contribution in [2.45, 2.75) is 13.3 Å². The molecule has 0 saturated heterocycles. The Morgan fingerprint density at radius 3 is 2.50 bits per heavy atom. The molecule has 2 rings (SSSR count). The smallest absolute Gasteiger partial charge is 0.258 e. The number of carbonyl (C=O) groups excluding carboxylic acids is 2. The topological polar surface area (TPSA) is 58.2 Å². The molecule has 0 spiro atoms. The lowest BCUT2D eigenvalue weighted by Gasteiger charge is -2.12. The average Bonchev–Trinajstić information content (AvgIpc) is 2.55. The maximum Gasteiger partial charge on any atom is 0.258 e. The minimum atomic E-state index is -0.876. The van der Waals surface area contributed by atoms with Gasteiger partial charge in [-0.1, -0.05) is 18.5 Å². The molecule has 0 atom stereocenters. The monoisotopic (exact) mass is 352 g/mol. The van der Waals surface area contributed by atoms with Crippen molar-refractivity contribution in [2.24, 2.45) is 0 Å². The number of carbonyl (C=O) groups is 2. The van der Waals surface area contributed by atoms with Gasteiger partial charge in [0.15, 0.2) is 0 Å². The van der Waals surface area contributed by atoms with Crippen LogP contribution in [0.2, 0.25) is 5.02 Å². The number of halogens is 3. The number of nitrogens with one attached hydrogen (secondary N) is 2. The third-order valence-electron chi connectivity index (χ3n) is 3.18. The van der Waals surface area contributed by atoms with Gasteiger partial charge in [0.1, 0.15) is 11.6 Å². The summed E-state index contributed by atoms with van der Waals surface area (Å²) in [5.41, 5.74) is -0.169. The number of benzene rings is 2. The summed E-state index contributed by atoms with van der Waals surface area (Å²) in [6.07, 6.45) is 0.746. The lowest BCUT2D eigenvalue weighted by molar-refractivity contribution is 0.0954. The first-order chi connectivity index (χ1) is 11.4. The summed E-state index contributed by atoms with van der Waals surface area (Å²) in [6, 6.07) is 6.88. The van der Waals surface area contributed by atoms with E-state index in [4.69, 9.17) is 11.6 Å². The Hall–Kier alpha value is -2.47. The molecule has 0 heterocycles. The van der Waals surface area contributed by atoms with Crippen LogP contribution < -0.4 is 10.6 Å². The molecule has 0 aliphatic carbocycles. The van der Waals surface area contributed by atoms with Crippen LogP contribution in [0.15, 0.2) is 36.4 Å². The van der Waals surface area contributed by atoms with Crippen LogP contribution in [-0.4, -0.2) is 18.4 Å². The predicted octanol–water partition coefficient (Wildman–Crippen LogP) is 4.01. The summed E-state index contributed by atoms with van der Waals surface area (Å²) >= 11 is 5.89. The van der Waals surface area contributed by atoms with E-state index in [-0.39, 0.29) is 16.3 Å². The zero-order valence-electron chi connectivity index (χ0n) is 12.8. The summed E-state index contributed by atoms with van der Waals surface area (Å²) < 4.78 is 26.9. The summed E-state index contributed by atoms with van der Waals surface area (Å²) in [5, 5.41) is 5.37. The van der Waals surface area contributed by atoms with Crippen LogP contribution in [0.5, 0.6) is 0 Å². The second-order valence-corrected chi connectivity index (χ2v) is 5.46. The lowest BCUT2D eigenvalue weighted by Crippen LogP contribution is -2.26. The fraction of sp³-hybridized carbons (Fsp3) is 0.176. The van der Waals surface area contributed by atoms with Crippen molar-refractivity contribution in [1.29, 1.82) is 0 Å². The van der Waals surface area contributed by atoms with Gasteiger partial charge in [-0.15, -0.1) is 0 Å². The van der Waals surface area contributed by atoms with Crippen molar-refractivity contribution in [3.63, 3.8) is 0 Å². The molecule has 0 bridgehead atoms. The summed E-state index contributed by atoms with van der Waals surface area (Å²) in [4.78, 5) is 24.3. The number of rotatable bonds is 5. The zero-order chi connectivity index (χ0) is 17.7. The number of hydrogen-bond acceptors (Lipinski definition) is 2. The molecule has 126 valence electrons. The van der Waals surface area contributed by atoms with E-state index in [1.54, 1.807) is 0 Å². The maximum absolute atomic E-state index is 13.7. The minimum Gasteiger partial charge on any atom is -0.352 e. The Kier molecular flexibility index (Phi) is 5.87. The highest BCUT2D eigenvalue weighted by atomic mass is 35.5. The number of amides is 2. The fourth-order valence-electron chi connectivity index (χ4n) is 2.01. The van der Waals surface area contributed by atoms with Crippen molar-refractivity contribution >= 4 is 29.1 Å². The number of anilines is 1. The Bertz CT molecular complexity index is 781. The molecule has 2 N–H and O–H groups in total. The molecule has 4 nitrogen and oxygen atoms in total. The van der Waals surface area contributed by atoms with Crippen molar-refractivity contribution in [1.82, 2.24) is 5.32 Å². The highest BCUT2D eigenvalue weighted by molar-refractivity contribution is 6.31. The molecule has 24 heavy (non-hydrogen) atoms. The lowest BCUT2D eigenvalue weighted by atomic mass is 10.1. The van der Waals surface area contributed by atoms with E-state index in [9.17, 15) is 18.4 Å². The first-order valence-corrected chi connectivity index (χ1v) is 7.64. The van der Waals surface area contributed by atoms with Gasteiger partial charge in [-0.2, -0.15) is 0 Å². The van der Waals surface area contributed by atoms with E-state index in [1.165, 1.54) is 18.2 Å². The van der Waals surface area contributed by atoms with Gasteiger partial charge >= 0.3 is 0 Å². The van der Waals surface area contributed by atoms with Gasteiger partial charge in [-0.25, -0.2) is 8.78 Å². The second kappa shape index (κ2) is 7.88. The van der Waals surface area contributed by atoms with E-state index in [0.29, 0.717) is 6.54 Å². The average molecular weight is 353 g/mol. The van der Waals surface area contributed by atoms with E-state index in [1.807, 2.05) is 6.92 Å². The Morgan fingerprint density at radius 2 is 1.79 bits per heavy atom. The van der Waals surface area contributed by atoms with Gasteiger partial charge in [0, 0.05) is 11.6 Å². The summed E-state index contributed by atoms with van der Waals surface area (Å²) in [7, 11) is 0. The normalized spacial score (nSPS) is 10.3. The van der Waals surface area contributed by atoms with Crippen LogP contribution >= 0.6 is 11.6 Å². The molecule has 0 aromatic heterocycles. The third-order valence-corrected chi connectivity index (χ3v) is 3.42. The van der Waals surface area contributed by atoms with Crippen molar-refractivity contribution < 1.29 is 18.4 Å². The summed E-state index contributed by atoms with van der Waals surface area (Å²) in [5.74, 6) is -2.89. The molecule has 0 fully saturated rings. The molecule has 2 amide bonds. The van der Waals surface area contributed by atoms with E-state index in [2.05, 4.69) is 10.6 Å². The molecule has 7 heteroatoms. The molecule has 0 aliphatic heterocycles. The standard InChI is InChI=1S/C17H15ClF2N2O2/c1-2-7-21-16(23)12-5-3-10(18)8-15(12)22-17(24)13-9-11(19)4-6-14(13)20/h3-6,8-9H,2,7H2,1H3,(H,21,23)(H,22,24). The molecule has 2 aromatic rings. The Labute approximate surface area is 142 Å². The highest BCUT2D eigenvalue weighted by Gasteiger charge is 2.17. The molecule has 0 radical (unpaired) electrons. The Morgan fingerprint density at radius 1 is 1.04 bits per heavy atom. The minimum absolute atomic E-state index is 0.116. The van der Waals surface area contributed by atoms with Gasteiger partial charge in [0.05, 0.1) is 16.8 Å². The van der Waals surface area contributed by atoms with Gasteiger partial charge < -0.3 is 10.6 Å². The van der Waals surface area contributed by atoms with Gasteiger partial charge in [-0.3, -0.25) is 9.59 Å². The largest absolute Gasteiger partial charge is 0.352 e. The van der Waals surface area contributed by atoms with E-state index in [0.717, 1.165) is 24.6 Å². The van der Waals surface area contributed by atoms with Crippen LogP contribution in [0.3, 0.4) is 0 Å². The SMILES string of the molecule is CCCNC(=O)c1ccc(Cl)cc1NC(=O)c1cc(F)ccc1F. The second-order valence-electron chi connectivity index (χ2n) is 5.02. The fourth-order valence-corrected chi connectivity index (χ4v) is 2.18. The van der Waals surface area contributed by atoms with Crippen molar-refractivity contribution in [3.05, 3.63) is 64.2 Å². The van der Waals surface area contributed by atoms with Gasteiger partial charge in [0.2, 0.25) is 0 Å². The van der Waals surface area contributed by atoms with Crippen LogP contribution in [0, 0.1) is 11.6 Å².